The highest BCUT2D eigenvalue weighted by Gasteiger charge is 2.25. The van der Waals surface area contributed by atoms with E-state index in [2.05, 4.69) is 5.10 Å². The van der Waals surface area contributed by atoms with Crippen LogP contribution in [0.3, 0.4) is 0 Å². The standard InChI is InChI=1S/C24H24FN3O3S2/c1-24(2,29)23-13-20(28(27-23)19-12-17(25)8-7-16(19)14-26)22-10-9-21(32-22)15-5-4-6-18(11-15)33(3,30)31/h4-13,29H,14,26H2,1-3H3. The van der Waals surface area contributed by atoms with Crippen molar-refractivity contribution >= 4 is 21.2 Å². The van der Waals surface area contributed by atoms with Gasteiger partial charge in [-0.15, -0.1) is 11.3 Å². The minimum absolute atomic E-state index is 0.195. The first-order chi connectivity index (χ1) is 15.5. The fourth-order valence-corrected chi connectivity index (χ4v) is 5.13. The number of hydrogen-bond donors (Lipinski definition) is 2. The zero-order valence-corrected chi connectivity index (χ0v) is 20.0. The Balaban J connectivity index is 1.87. The van der Waals surface area contributed by atoms with Crippen molar-refractivity contribution < 1.29 is 17.9 Å². The predicted octanol–water partition coefficient (Wildman–Crippen LogP) is 4.50. The summed E-state index contributed by atoms with van der Waals surface area (Å²) in [6.45, 7) is 3.46. The molecule has 4 rings (SSSR count). The number of nitrogens with zero attached hydrogens (tertiary/aromatic N) is 2. The summed E-state index contributed by atoms with van der Waals surface area (Å²) in [4.78, 5) is 1.94. The first kappa shape index (κ1) is 23.3. The van der Waals surface area contributed by atoms with Crippen LogP contribution in [0.1, 0.15) is 25.1 Å². The Kier molecular flexibility index (Phi) is 6.00. The van der Waals surface area contributed by atoms with Crippen LogP contribution in [0.4, 0.5) is 4.39 Å². The van der Waals surface area contributed by atoms with E-state index in [0.717, 1.165) is 15.3 Å². The predicted molar refractivity (Wildman–Crippen MR) is 129 cm³/mol. The van der Waals surface area contributed by atoms with E-state index in [1.807, 2.05) is 18.2 Å². The summed E-state index contributed by atoms with van der Waals surface area (Å²) in [5.41, 5.74) is 7.76. The number of halogens is 1. The molecule has 0 aliphatic rings. The van der Waals surface area contributed by atoms with Crippen molar-refractivity contribution in [3.63, 3.8) is 0 Å². The zero-order chi connectivity index (χ0) is 24.0. The first-order valence-electron chi connectivity index (χ1n) is 10.2. The van der Waals surface area contributed by atoms with Gasteiger partial charge in [0, 0.05) is 17.7 Å². The normalized spacial score (nSPS) is 12.3. The summed E-state index contributed by atoms with van der Waals surface area (Å²) in [6, 6.07) is 16.7. The summed E-state index contributed by atoms with van der Waals surface area (Å²) < 4.78 is 39.6. The molecule has 0 atom stereocenters. The number of sulfone groups is 1. The summed E-state index contributed by atoms with van der Waals surface area (Å²) in [5.74, 6) is -0.419. The number of benzene rings is 2. The van der Waals surface area contributed by atoms with E-state index in [1.165, 1.54) is 29.7 Å². The Bertz CT molecular complexity index is 1430. The molecule has 0 saturated heterocycles. The van der Waals surface area contributed by atoms with Crippen LogP contribution in [-0.4, -0.2) is 29.6 Å². The van der Waals surface area contributed by atoms with Crippen LogP contribution in [0.2, 0.25) is 0 Å². The zero-order valence-electron chi connectivity index (χ0n) is 18.4. The lowest BCUT2D eigenvalue weighted by atomic mass is 10.1. The summed E-state index contributed by atoms with van der Waals surface area (Å²) in [7, 11) is -3.33. The fraction of sp³-hybridized carbons (Fsp3) is 0.208. The summed E-state index contributed by atoms with van der Waals surface area (Å²) >= 11 is 1.45. The quantitative estimate of drug-likeness (QED) is 0.419. The molecule has 6 nitrogen and oxygen atoms in total. The van der Waals surface area contributed by atoms with Crippen LogP contribution in [0.25, 0.3) is 26.7 Å². The molecule has 2 aromatic heterocycles. The molecule has 4 aromatic rings. The minimum atomic E-state index is -3.33. The largest absolute Gasteiger partial charge is 0.384 e. The lowest BCUT2D eigenvalue weighted by molar-refractivity contribution is 0.0734. The second-order valence-electron chi connectivity index (χ2n) is 8.33. The van der Waals surface area contributed by atoms with E-state index in [1.54, 1.807) is 48.9 Å². The maximum Gasteiger partial charge on any atom is 0.175 e. The van der Waals surface area contributed by atoms with Gasteiger partial charge in [-0.05, 0) is 67.4 Å². The third kappa shape index (κ3) is 4.77. The lowest BCUT2D eigenvalue weighted by Crippen LogP contribution is -2.17. The van der Waals surface area contributed by atoms with E-state index in [-0.39, 0.29) is 11.4 Å². The molecule has 3 N–H and O–H groups in total. The van der Waals surface area contributed by atoms with Crippen LogP contribution in [0.15, 0.2) is 65.6 Å². The topological polar surface area (TPSA) is 98.2 Å². The van der Waals surface area contributed by atoms with Gasteiger partial charge in [0.15, 0.2) is 9.84 Å². The molecule has 2 heterocycles. The Morgan fingerprint density at radius 1 is 1.09 bits per heavy atom. The van der Waals surface area contributed by atoms with Gasteiger partial charge in [-0.25, -0.2) is 17.5 Å². The number of thiophene rings is 1. The van der Waals surface area contributed by atoms with Crippen molar-refractivity contribution in [1.82, 2.24) is 9.78 Å². The van der Waals surface area contributed by atoms with Crippen molar-refractivity contribution in [2.75, 3.05) is 6.26 Å². The highest BCUT2D eigenvalue weighted by atomic mass is 32.2. The molecule has 0 radical (unpaired) electrons. The van der Waals surface area contributed by atoms with Crippen LogP contribution < -0.4 is 5.73 Å². The van der Waals surface area contributed by atoms with Gasteiger partial charge in [-0.2, -0.15) is 5.10 Å². The van der Waals surface area contributed by atoms with Crippen molar-refractivity contribution in [1.29, 1.82) is 0 Å². The van der Waals surface area contributed by atoms with Gasteiger partial charge in [0.25, 0.3) is 0 Å². The van der Waals surface area contributed by atoms with E-state index in [0.29, 0.717) is 22.6 Å². The SMILES string of the molecule is CC(C)(O)c1cc(-c2ccc(-c3cccc(S(C)(=O)=O)c3)s2)n(-c2cc(F)ccc2CN)n1. The molecule has 0 saturated carbocycles. The molecule has 0 aliphatic carbocycles. The summed E-state index contributed by atoms with van der Waals surface area (Å²) in [5, 5.41) is 15.1. The van der Waals surface area contributed by atoms with E-state index < -0.39 is 21.3 Å². The van der Waals surface area contributed by atoms with Crippen molar-refractivity contribution in [2.24, 2.45) is 5.73 Å². The van der Waals surface area contributed by atoms with Crippen LogP contribution in [0, 0.1) is 5.82 Å². The lowest BCUT2D eigenvalue weighted by Gasteiger charge is -2.14. The van der Waals surface area contributed by atoms with E-state index in [4.69, 9.17) is 5.73 Å². The Morgan fingerprint density at radius 2 is 1.82 bits per heavy atom. The molecule has 0 fully saturated rings. The number of aliphatic hydroxyl groups is 1. The highest BCUT2D eigenvalue weighted by molar-refractivity contribution is 7.90. The molecule has 0 amide bonds. The van der Waals surface area contributed by atoms with E-state index in [9.17, 15) is 17.9 Å². The van der Waals surface area contributed by atoms with E-state index >= 15 is 0 Å². The molecule has 0 spiro atoms. The molecule has 9 heteroatoms. The Labute approximate surface area is 196 Å². The van der Waals surface area contributed by atoms with Gasteiger partial charge in [0.05, 0.1) is 26.8 Å². The van der Waals surface area contributed by atoms with Crippen molar-refractivity contribution in [2.45, 2.75) is 30.9 Å². The molecule has 2 aromatic carbocycles. The minimum Gasteiger partial charge on any atom is -0.384 e. The molecular formula is C24H24FN3O3S2. The second-order valence-corrected chi connectivity index (χ2v) is 11.4. The van der Waals surface area contributed by atoms with Gasteiger partial charge in [0.2, 0.25) is 0 Å². The maximum absolute atomic E-state index is 14.1. The second kappa shape index (κ2) is 8.49. The first-order valence-corrected chi connectivity index (χ1v) is 12.9. The maximum atomic E-state index is 14.1. The highest BCUT2D eigenvalue weighted by Crippen LogP contribution is 2.38. The fourth-order valence-electron chi connectivity index (χ4n) is 3.46. The molecule has 0 bridgehead atoms. The third-order valence-corrected chi connectivity index (χ3v) is 7.50. The van der Waals surface area contributed by atoms with Crippen molar-refractivity contribution in [3.8, 4) is 26.7 Å². The number of aromatic nitrogens is 2. The van der Waals surface area contributed by atoms with Gasteiger partial charge >= 0.3 is 0 Å². The average Bonchev–Trinajstić information content (AvgIpc) is 3.40. The van der Waals surface area contributed by atoms with Crippen LogP contribution in [0.5, 0.6) is 0 Å². The Hall–Kier alpha value is -2.85. The van der Waals surface area contributed by atoms with Gasteiger partial charge < -0.3 is 10.8 Å². The van der Waals surface area contributed by atoms with Gasteiger partial charge in [-0.1, -0.05) is 18.2 Å². The molecule has 0 unspecified atom stereocenters. The average molecular weight is 486 g/mol. The van der Waals surface area contributed by atoms with Crippen LogP contribution in [-0.2, 0) is 22.0 Å². The summed E-state index contributed by atoms with van der Waals surface area (Å²) in [6.07, 6.45) is 1.18. The van der Waals surface area contributed by atoms with Crippen LogP contribution >= 0.6 is 11.3 Å². The molecule has 0 aliphatic heterocycles. The number of nitrogens with two attached hydrogens (primary N) is 1. The molecule has 172 valence electrons. The third-order valence-electron chi connectivity index (χ3n) is 5.24. The monoisotopic (exact) mass is 485 g/mol. The Morgan fingerprint density at radius 3 is 2.48 bits per heavy atom. The van der Waals surface area contributed by atoms with Gasteiger partial charge in [-0.3, -0.25) is 0 Å². The number of hydrogen-bond acceptors (Lipinski definition) is 6. The molecular weight excluding hydrogens is 461 g/mol. The molecule has 33 heavy (non-hydrogen) atoms. The number of rotatable bonds is 6. The smallest absolute Gasteiger partial charge is 0.175 e. The van der Waals surface area contributed by atoms with Crippen molar-refractivity contribution in [3.05, 3.63) is 77.7 Å². The van der Waals surface area contributed by atoms with Gasteiger partial charge in [0.1, 0.15) is 11.4 Å².